The van der Waals surface area contributed by atoms with E-state index in [2.05, 4.69) is 15.3 Å². The Hall–Kier alpha value is -3.38. The highest BCUT2D eigenvalue weighted by Gasteiger charge is 2.45. The van der Waals surface area contributed by atoms with Gasteiger partial charge in [0.15, 0.2) is 5.65 Å². The number of carbonyl (C=O) groups is 1. The number of likely N-dealkylation sites (tertiary alicyclic amines) is 1. The summed E-state index contributed by atoms with van der Waals surface area (Å²) in [6.07, 6.45) is 2.76. The van der Waals surface area contributed by atoms with Crippen LogP contribution in [0.2, 0.25) is 0 Å². The van der Waals surface area contributed by atoms with Gasteiger partial charge in [0, 0.05) is 38.1 Å². The maximum Gasteiger partial charge on any atom is 0.338 e. The smallest absolute Gasteiger partial charge is 0.338 e. The molecule has 2 N–H and O–H groups in total. The third kappa shape index (κ3) is 4.66. The van der Waals surface area contributed by atoms with Crippen molar-refractivity contribution in [3.63, 3.8) is 0 Å². The van der Waals surface area contributed by atoms with Crippen LogP contribution < -0.4 is 10.2 Å². The molecule has 202 valence electrons. The number of esters is 1. The predicted octanol–water partition coefficient (Wildman–Crippen LogP) is 2.85. The van der Waals surface area contributed by atoms with E-state index >= 15 is 0 Å². The van der Waals surface area contributed by atoms with E-state index in [-0.39, 0.29) is 31.7 Å². The quantitative estimate of drug-likeness (QED) is 0.449. The van der Waals surface area contributed by atoms with E-state index in [1.54, 1.807) is 42.9 Å². The summed E-state index contributed by atoms with van der Waals surface area (Å²) in [6.45, 7) is 5.20. The number of benzene rings is 1. The van der Waals surface area contributed by atoms with E-state index in [9.17, 15) is 18.7 Å². The number of hydrogen-bond acceptors (Lipinski definition) is 9. The predicted molar refractivity (Wildman–Crippen MR) is 137 cm³/mol. The molecule has 2 saturated heterocycles. The fourth-order valence-corrected chi connectivity index (χ4v) is 5.59. The third-order valence-corrected chi connectivity index (χ3v) is 7.59. The number of nitrogens with one attached hydrogen (secondary N) is 1. The molecule has 2 aliphatic heterocycles. The molecule has 3 aliphatic rings. The Kier molecular flexibility index (Phi) is 5.98. The van der Waals surface area contributed by atoms with Crippen molar-refractivity contribution >= 4 is 28.8 Å². The maximum absolute atomic E-state index is 13.8. The number of fused-ring (bicyclic) bond motifs is 1. The van der Waals surface area contributed by atoms with Crippen molar-refractivity contribution in [1.29, 1.82) is 0 Å². The van der Waals surface area contributed by atoms with E-state index in [0.29, 0.717) is 61.1 Å². The monoisotopic (exact) mass is 527 g/mol. The number of carbonyl (C=O) groups excluding carboxylic acids is 1. The Morgan fingerprint density at radius 3 is 2.74 bits per heavy atom. The second kappa shape index (κ2) is 9.12. The van der Waals surface area contributed by atoms with Crippen molar-refractivity contribution in [2.75, 3.05) is 43.0 Å². The molecule has 1 saturated carbocycles. The van der Waals surface area contributed by atoms with Gasteiger partial charge in [0.25, 0.3) is 5.92 Å². The minimum atomic E-state index is -2.62. The molecule has 3 fully saturated rings. The molecule has 0 amide bonds. The standard InChI is InChI=1S/C26H31F2N7O3/c1-3-38-23(36)16-5-4-6-18(9-16)35-22-20(12-29-35)21(31-24(32-22)30-17-10-25(2,37)11-17)34-13-19(14-34)33-8-7-26(27,28)15-33/h4-6,9,12,17,19,37H,3,7-8,10-11,13-15H2,1-2H3,(H,30,31,32). The molecule has 0 unspecified atom stereocenters. The lowest BCUT2D eigenvalue weighted by Gasteiger charge is -2.45. The molecule has 10 nitrogen and oxygen atoms in total. The van der Waals surface area contributed by atoms with Crippen molar-refractivity contribution in [3.8, 4) is 5.69 Å². The Balaban J connectivity index is 1.32. The number of anilines is 2. The van der Waals surface area contributed by atoms with Crippen LogP contribution in [0.3, 0.4) is 0 Å². The molecule has 2 aromatic heterocycles. The lowest BCUT2D eigenvalue weighted by atomic mass is 9.77. The van der Waals surface area contributed by atoms with Crippen molar-refractivity contribution in [1.82, 2.24) is 24.6 Å². The number of alkyl halides is 2. The first-order chi connectivity index (χ1) is 18.1. The molecule has 0 bridgehead atoms. The van der Waals surface area contributed by atoms with Crippen LogP contribution in [0.15, 0.2) is 30.5 Å². The average molecular weight is 528 g/mol. The van der Waals surface area contributed by atoms with E-state index in [0.717, 1.165) is 5.39 Å². The van der Waals surface area contributed by atoms with Gasteiger partial charge in [-0.3, -0.25) is 4.90 Å². The number of hydrogen-bond donors (Lipinski definition) is 2. The summed E-state index contributed by atoms with van der Waals surface area (Å²) in [5.74, 6) is -1.95. The molecular weight excluding hydrogens is 496 g/mol. The van der Waals surface area contributed by atoms with Crippen LogP contribution in [0.1, 0.15) is 43.5 Å². The molecule has 12 heteroatoms. The second-order valence-electron chi connectivity index (χ2n) is 10.8. The van der Waals surface area contributed by atoms with Crippen molar-refractivity contribution in [3.05, 3.63) is 36.0 Å². The minimum absolute atomic E-state index is 0.0368. The first-order valence-corrected chi connectivity index (χ1v) is 13.0. The first kappa shape index (κ1) is 24.9. The maximum atomic E-state index is 13.8. The molecule has 6 rings (SSSR count). The molecule has 1 aliphatic carbocycles. The molecule has 1 aromatic carbocycles. The molecule has 4 heterocycles. The summed E-state index contributed by atoms with van der Waals surface area (Å²) >= 11 is 0. The van der Waals surface area contributed by atoms with Gasteiger partial charge in [-0.2, -0.15) is 15.1 Å². The van der Waals surface area contributed by atoms with Crippen LogP contribution in [0, 0.1) is 0 Å². The van der Waals surface area contributed by atoms with Crippen molar-refractivity contribution in [2.24, 2.45) is 0 Å². The highest BCUT2D eigenvalue weighted by molar-refractivity contribution is 5.91. The van der Waals surface area contributed by atoms with Gasteiger partial charge in [-0.05, 0) is 44.9 Å². The van der Waals surface area contributed by atoms with Crippen LogP contribution in [0.4, 0.5) is 20.5 Å². The fraction of sp³-hybridized carbons (Fsp3) is 0.538. The van der Waals surface area contributed by atoms with Gasteiger partial charge in [0.1, 0.15) is 5.82 Å². The molecule has 0 radical (unpaired) electrons. The Morgan fingerprint density at radius 1 is 1.26 bits per heavy atom. The first-order valence-electron chi connectivity index (χ1n) is 13.0. The second-order valence-corrected chi connectivity index (χ2v) is 10.8. The topological polar surface area (TPSA) is 109 Å². The van der Waals surface area contributed by atoms with Gasteiger partial charge < -0.3 is 20.1 Å². The summed E-state index contributed by atoms with van der Waals surface area (Å²) in [6, 6.07) is 7.07. The van der Waals surface area contributed by atoms with Crippen LogP contribution in [-0.4, -0.2) is 92.1 Å². The zero-order valence-electron chi connectivity index (χ0n) is 21.4. The van der Waals surface area contributed by atoms with Gasteiger partial charge in [0.2, 0.25) is 5.95 Å². The van der Waals surface area contributed by atoms with E-state index in [1.165, 1.54) is 0 Å². The molecule has 0 spiro atoms. The summed E-state index contributed by atoms with van der Waals surface area (Å²) in [5, 5.41) is 18.8. The van der Waals surface area contributed by atoms with E-state index in [1.807, 2.05) is 11.0 Å². The molecular formula is C26H31F2N7O3. The lowest BCUT2D eigenvalue weighted by Crippen LogP contribution is -2.59. The summed E-state index contributed by atoms with van der Waals surface area (Å²) in [7, 11) is 0. The zero-order valence-corrected chi connectivity index (χ0v) is 21.4. The fourth-order valence-electron chi connectivity index (χ4n) is 5.59. The SMILES string of the molecule is CCOC(=O)c1cccc(-n2ncc3c(N4CC(N5CCC(F)(F)C5)C4)nc(NC4CC(C)(O)C4)nc32)c1. The zero-order chi connectivity index (χ0) is 26.7. The van der Waals surface area contributed by atoms with E-state index < -0.39 is 17.5 Å². The normalized spacial score (nSPS) is 25.3. The summed E-state index contributed by atoms with van der Waals surface area (Å²) in [4.78, 5) is 25.8. The van der Waals surface area contributed by atoms with Crippen molar-refractivity contribution < 1.29 is 23.4 Å². The largest absolute Gasteiger partial charge is 0.462 e. The molecule has 38 heavy (non-hydrogen) atoms. The molecule has 3 aromatic rings. The lowest BCUT2D eigenvalue weighted by molar-refractivity contribution is -0.0236. The van der Waals surface area contributed by atoms with Gasteiger partial charge in [-0.25, -0.2) is 18.3 Å². The van der Waals surface area contributed by atoms with Crippen LogP contribution in [-0.2, 0) is 4.74 Å². The number of aliphatic hydroxyl groups is 1. The number of ether oxygens (including phenoxy) is 1. The van der Waals surface area contributed by atoms with E-state index in [4.69, 9.17) is 14.7 Å². The van der Waals surface area contributed by atoms with Crippen molar-refractivity contribution in [2.45, 2.75) is 56.7 Å². The highest BCUT2D eigenvalue weighted by Crippen LogP contribution is 2.37. The van der Waals surface area contributed by atoms with Gasteiger partial charge in [0.05, 0.1) is 41.6 Å². The van der Waals surface area contributed by atoms with Gasteiger partial charge >= 0.3 is 5.97 Å². The van der Waals surface area contributed by atoms with Crippen LogP contribution >= 0.6 is 0 Å². The van der Waals surface area contributed by atoms with Crippen LogP contribution in [0.25, 0.3) is 16.7 Å². The van der Waals surface area contributed by atoms with Gasteiger partial charge in [-0.15, -0.1) is 0 Å². The average Bonchev–Trinajstić information content (AvgIpc) is 3.40. The van der Waals surface area contributed by atoms with Crippen LogP contribution in [0.5, 0.6) is 0 Å². The Labute approximate surface area is 218 Å². The number of aromatic nitrogens is 4. The van der Waals surface area contributed by atoms with Gasteiger partial charge in [-0.1, -0.05) is 6.07 Å². The highest BCUT2D eigenvalue weighted by atomic mass is 19.3. The number of rotatable bonds is 7. The summed E-state index contributed by atoms with van der Waals surface area (Å²) in [5.41, 5.74) is 0.905. The minimum Gasteiger partial charge on any atom is -0.462 e. The molecule has 0 atom stereocenters. The third-order valence-electron chi connectivity index (χ3n) is 7.59. The number of nitrogens with zero attached hydrogens (tertiary/aromatic N) is 6. The Morgan fingerprint density at radius 2 is 2.05 bits per heavy atom. The number of halogens is 2. The Bertz CT molecular complexity index is 1360. The summed E-state index contributed by atoms with van der Waals surface area (Å²) < 4.78 is 34.3.